The van der Waals surface area contributed by atoms with Gasteiger partial charge in [0.05, 0.1) is 17.1 Å². The summed E-state index contributed by atoms with van der Waals surface area (Å²) in [5.41, 5.74) is 0.900. The molecule has 2 rings (SSSR count). The van der Waals surface area contributed by atoms with Gasteiger partial charge in [-0.25, -0.2) is 4.79 Å². The first-order valence-electron chi connectivity index (χ1n) is 9.10. The molecule has 0 spiro atoms. The number of hydrogen-bond acceptors (Lipinski definition) is 5. The van der Waals surface area contributed by atoms with E-state index in [4.69, 9.17) is 9.47 Å². The van der Waals surface area contributed by atoms with E-state index in [1.54, 1.807) is 11.0 Å². The minimum atomic E-state index is -0.598. The molecule has 0 radical (unpaired) electrons. The Labute approximate surface area is 160 Å². The minimum Gasteiger partial charge on any atom is -0.484 e. The maximum Gasteiger partial charge on any atom is 0.411 e. The van der Waals surface area contributed by atoms with Crippen molar-refractivity contribution in [2.75, 3.05) is 6.54 Å². The van der Waals surface area contributed by atoms with Crippen molar-refractivity contribution in [1.82, 2.24) is 4.90 Å². The molecule has 1 aromatic carbocycles. The number of nitro groups is 1. The number of carbonyl (C=O) groups excluding carboxylic acids is 1. The second-order valence-corrected chi connectivity index (χ2v) is 7.96. The summed E-state index contributed by atoms with van der Waals surface area (Å²) in [5, 5.41) is 11.4. The predicted octanol–water partition coefficient (Wildman–Crippen LogP) is 4.93. The van der Waals surface area contributed by atoms with E-state index in [1.807, 2.05) is 53.7 Å². The molecule has 148 valence electrons. The van der Waals surface area contributed by atoms with Crippen LogP contribution in [-0.4, -0.2) is 34.2 Å². The summed E-state index contributed by atoms with van der Waals surface area (Å²) in [4.78, 5) is 25.3. The van der Waals surface area contributed by atoms with Gasteiger partial charge in [-0.15, -0.1) is 0 Å². The SMILES string of the molecule is Cc1cc([N+](=O)[O-])c(OC(C)C)cc1C1CC=CCN1C(=O)OC(C)(C)C. The van der Waals surface area contributed by atoms with Gasteiger partial charge in [-0.1, -0.05) is 12.2 Å². The van der Waals surface area contributed by atoms with Crippen LogP contribution in [0, 0.1) is 17.0 Å². The summed E-state index contributed by atoms with van der Waals surface area (Å²) in [5.74, 6) is 0.217. The number of hydrogen-bond donors (Lipinski definition) is 0. The summed E-state index contributed by atoms with van der Waals surface area (Å²) in [6.07, 6.45) is 3.94. The second-order valence-electron chi connectivity index (χ2n) is 7.96. The van der Waals surface area contributed by atoms with Crippen LogP contribution < -0.4 is 4.74 Å². The van der Waals surface area contributed by atoms with Crippen LogP contribution >= 0.6 is 0 Å². The first kappa shape index (κ1) is 20.7. The third-order valence-corrected chi connectivity index (χ3v) is 4.10. The molecule has 1 atom stereocenters. The van der Waals surface area contributed by atoms with E-state index < -0.39 is 16.6 Å². The van der Waals surface area contributed by atoms with Gasteiger partial charge < -0.3 is 9.47 Å². The van der Waals surface area contributed by atoms with Gasteiger partial charge in [-0.2, -0.15) is 0 Å². The molecule has 1 aromatic rings. The number of carbonyl (C=O) groups is 1. The maximum atomic E-state index is 12.7. The lowest BCUT2D eigenvalue weighted by atomic mass is 9.94. The maximum absolute atomic E-state index is 12.7. The number of ether oxygens (including phenoxy) is 2. The van der Waals surface area contributed by atoms with Gasteiger partial charge in [0.2, 0.25) is 0 Å². The van der Waals surface area contributed by atoms with Gasteiger partial charge in [0.15, 0.2) is 5.75 Å². The van der Waals surface area contributed by atoms with E-state index in [0.29, 0.717) is 13.0 Å². The number of nitrogens with zero attached hydrogens (tertiary/aromatic N) is 2. The van der Waals surface area contributed by atoms with Crippen LogP contribution in [-0.2, 0) is 4.74 Å². The Bertz CT molecular complexity index is 749. The number of benzene rings is 1. The number of nitro benzene ring substituents is 1. The first-order valence-corrected chi connectivity index (χ1v) is 9.10. The molecule has 0 bridgehead atoms. The smallest absolute Gasteiger partial charge is 0.411 e. The van der Waals surface area contributed by atoms with Crippen molar-refractivity contribution in [3.8, 4) is 5.75 Å². The van der Waals surface area contributed by atoms with Crippen LogP contribution in [0.15, 0.2) is 24.3 Å². The largest absolute Gasteiger partial charge is 0.484 e. The Morgan fingerprint density at radius 2 is 1.96 bits per heavy atom. The van der Waals surface area contributed by atoms with Crippen molar-refractivity contribution in [2.24, 2.45) is 0 Å². The van der Waals surface area contributed by atoms with Gasteiger partial charge in [0.1, 0.15) is 5.60 Å². The highest BCUT2D eigenvalue weighted by molar-refractivity contribution is 5.70. The normalized spacial score (nSPS) is 17.1. The summed E-state index contributed by atoms with van der Waals surface area (Å²) in [6, 6.07) is 2.94. The van der Waals surface area contributed by atoms with Crippen molar-refractivity contribution in [2.45, 2.75) is 65.7 Å². The Hall–Kier alpha value is -2.57. The van der Waals surface area contributed by atoms with Gasteiger partial charge in [0.25, 0.3) is 0 Å². The van der Waals surface area contributed by atoms with Crippen molar-refractivity contribution < 1.29 is 19.2 Å². The molecule has 0 aromatic heterocycles. The Kier molecular flexibility index (Phi) is 6.13. The third-order valence-electron chi connectivity index (χ3n) is 4.10. The summed E-state index contributed by atoms with van der Waals surface area (Å²) in [7, 11) is 0. The van der Waals surface area contributed by atoms with E-state index >= 15 is 0 Å². The Morgan fingerprint density at radius 1 is 1.30 bits per heavy atom. The molecule has 1 aliphatic rings. The molecule has 7 nitrogen and oxygen atoms in total. The minimum absolute atomic E-state index is 0.0693. The molecular weight excluding hydrogens is 348 g/mol. The fourth-order valence-corrected chi connectivity index (χ4v) is 3.02. The fraction of sp³-hybridized carbons (Fsp3) is 0.550. The van der Waals surface area contributed by atoms with Crippen molar-refractivity contribution in [1.29, 1.82) is 0 Å². The highest BCUT2D eigenvalue weighted by Gasteiger charge is 2.32. The van der Waals surface area contributed by atoms with Crippen LogP contribution in [0.5, 0.6) is 5.75 Å². The zero-order valence-corrected chi connectivity index (χ0v) is 16.8. The molecule has 7 heteroatoms. The van der Waals surface area contributed by atoms with E-state index in [2.05, 4.69) is 0 Å². The molecular formula is C20H28N2O5. The standard InChI is InChI=1S/C20H28N2O5/c1-13(2)26-18-12-15(14(3)11-17(18)22(24)25)16-9-7-8-10-21(16)19(23)27-20(4,5)6/h7-8,11-13,16H,9-10H2,1-6H3. The molecule has 1 unspecified atom stereocenters. The van der Waals surface area contributed by atoms with Crippen molar-refractivity contribution >= 4 is 11.8 Å². The van der Waals surface area contributed by atoms with Gasteiger partial charge in [-0.3, -0.25) is 15.0 Å². The highest BCUT2D eigenvalue weighted by atomic mass is 16.6. The lowest BCUT2D eigenvalue weighted by Gasteiger charge is -2.35. The molecule has 0 fully saturated rings. The zero-order valence-electron chi connectivity index (χ0n) is 16.8. The first-order chi connectivity index (χ1) is 12.5. The summed E-state index contributed by atoms with van der Waals surface area (Å²) < 4.78 is 11.2. The van der Waals surface area contributed by atoms with Crippen molar-refractivity contribution in [3.05, 3.63) is 45.5 Å². The molecule has 0 aliphatic carbocycles. The van der Waals surface area contributed by atoms with E-state index in [0.717, 1.165) is 11.1 Å². The van der Waals surface area contributed by atoms with Gasteiger partial charge in [0, 0.05) is 12.6 Å². The van der Waals surface area contributed by atoms with Crippen LogP contribution in [0.25, 0.3) is 0 Å². The zero-order chi connectivity index (χ0) is 20.4. The predicted molar refractivity (Wildman–Crippen MR) is 103 cm³/mol. The second kappa shape index (κ2) is 7.98. The fourth-order valence-electron chi connectivity index (χ4n) is 3.02. The van der Waals surface area contributed by atoms with E-state index in [9.17, 15) is 14.9 Å². The third kappa shape index (κ3) is 5.21. The molecule has 0 saturated heterocycles. The number of rotatable bonds is 4. The Balaban J connectivity index is 2.45. The highest BCUT2D eigenvalue weighted by Crippen LogP contribution is 2.38. The quantitative estimate of drug-likeness (QED) is 0.423. The molecule has 1 heterocycles. The number of aryl methyl sites for hydroxylation is 1. The molecule has 27 heavy (non-hydrogen) atoms. The summed E-state index contributed by atoms with van der Waals surface area (Å²) >= 11 is 0. The summed E-state index contributed by atoms with van der Waals surface area (Å²) in [6.45, 7) is 11.4. The molecule has 0 saturated carbocycles. The van der Waals surface area contributed by atoms with E-state index in [-0.39, 0.29) is 23.6 Å². The average Bonchev–Trinajstić information content (AvgIpc) is 2.54. The lowest BCUT2D eigenvalue weighted by molar-refractivity contribution is -0.386. The molecule has 1 amide bonds. The lowest BCUT2D eigenvalue weighted by Crippen LogP contribution is -2.40. The van der Waals surface area contributed by atoms with Crippen LogP contribution in [0.1, 0.15) is 58.2 Å². The molecule has 1 aliphatic heterocycles. The van der Waals surface area contributed by atoms with Gasteiger partial charge in [-0.05, 0) is 65.2 Å². The topological polar surface area (TPSA) is 81.9 Å². The molecule has 0 N–H and O–H groups in total. The van der Waals surface area contributed by atoms with Crippen molar-refractivity contribution in [3.63, 3.8) is 0 Å². The van der Waals surface area contributed by atoms with Gasteiger partial charge >= 0.3 is 11.8 Å². The Morgan fingerprint density at radius 3 is 2.52 bits per heavy atom. The van der Waals surface area contributed by atoms with E-state index in [1.165, 1.54) is 6.07 Å². The van der Waals surface area contributed by atoms with Crippen LogP contribution in [0.2, 0.25) is 0 Å². The van der Waals surface area contributed by atoms with Crippen LogP contribution in [0.4, 0.5) is 10.5 Å². The monoisotopic (exact) mass is 376 g/mol. The van der Waals surface area contributed by atoms with Crippen LogP contribution in [0.3, 0.4) is 0 Å². The number of amides is 1. The average molecular weight is 376 g/mol.